The number of carbonyl (C=O) groups is 1. The van der Waals surface area contributed by atoms with Gasteiger partial charge in [0.1, 0.15) is 0 Å². The Morgan fingerprint density at radius 2 is 1.52 bits per heavy atom. The molecule has 0 aromatic heterocycles. The number of carbonyl (C=O) groups excluding carboxylic acids is 1. The van der Waals surface area contributed by atoms with E-state index in [1.54, 1.807) is 0 Å². The molecule has 2 aromatic carbocycles. The number of benzene rings is 2. The molecule has 2 atom stereocenters. The number of hydrogen-bond acceptors (Lipinski definition) is 2. The molecular weight excluding hydrogens is 306 g/mol. The molecule has 0 aliphatic heterocycles. The van der Waals surface area contributed by atoms with Gasteiger partial charge in [0.25, 0.3) is 0 Å². The molecule has 0 spiro atoms. The van der Waals surface area contributed by atoms with Crippen molar-refractivity contribution in [3.05, 3.63) is 71.3 Å². The van der Waals surface area contributed by atoms with Crippen LogP contribution in [-0.4, -0.2) is 30.8 Å². The van der Waals surface area contributed by atoms with Gasteiger partial charge in [-0.1, -0.05) is 75.4 Å². The lowest BCUT2D eigenvalue weighted by Crippen LogP contribution is -2.29. The molecule has 2 rings (SSSR count). The summed E-state index contributed by atoms with van der Waals surface area (Å²) in [6.45, 7) is 8.74. The van der Waals surface area contributed by atoms with Crippen molar-refractivity contribution < 1.29 is 4.79 Å². The number of nitrogens with zero attached hydrogens (tertiary/aromatic N) is 1. The first-order valence-electron chi connectivity index (χ1n) is 9.06. The van der Waals surface area contributed by atoms with E-state index >= 15 is 0 Å². The first-order chi connectivity index (χ1) is 11.7. The topological polar surface area (TPSA) is 20.3 Å². The minimum Gasteiger partial charge on any atom is -0.307 e. The summed E-state index contributed by atoms with van der Waals surface area (Å²) >= 11 is 0. The van der Waals surface area contributed by atoms with Crippen LogP contribution in [0.3, 0.4) is 0 Å². The van der Waals surface area contributed by atoms with E-state index in [4.69, 9.17) is 0 Å². The minimum atomic E-state index is -0.112. The van der Waals surface area contributed by atoms with Crippen LogP contribution in [0.25, 0.3) is 0 Å². The number of rotatable bonds is 6. The van der Waals surface area contributed by atoms with Crippen LogP contribution in [-0.2, 0) is 5.41 Å². The fourth-order valence-corrected chi connectivity index (χ4v) is 2.97. The molecule has 0 saturated carbocycles. The fourth-order valence-electron chi connectivity index (χ4n) is 2.97. The second-order valence-electron chi connectivity index (χ2n) is 8.20. The Balaban J connectivity index is 2.32. The summed E-state index contributed by atoms with van der Waals surface area (Å²) in [7, 11) is 4.13. The zero-order valence-corrected chi connectivity index (χ0v) is 16.4. The molecule has 0 heterocycles. The van der Waals surface area contributed by atoms with Crippen LogP contribution in [0.4, 0.5) is 0 Å². The molecule has 0 aliphatic rings. The van der Waals surface area contributed by atoms with Crippen LogP contribution in [0.2, 0.25) is 0 Å². The molecule has 0 N–H and O–H groups in total. The van der Waals surface area contributed by atoms with Gasteiger partial charge in [-0.25, -0.2) is 0 Å². The van der Waals surface area contributed by atoms with Gasteiger partial charge in [-0.2, -0.15) is 0 Å². The molecule has 2 nitrogen and oxygen atoms in total. The maximum absolute atomic E-state index is 13.2. The molecule has 0 amide bonds. The van der Waals surface area contributed by atoms with Crippen molar-refractivity contribution in [2.75, 3.05) is 14.1 Å². The Morgan fingerprint density at radius 3 is 2.00 bits per heavy atom. The number of hydrogen-bond donors (Lipinski definition) is 0. The maximum Gasteiger partial charge on any atom is 0.170 e. The highest BCUT2D eigenvalue weighted by atomic mass is 16.1. The smallest absolute Gasteiger partial charge is 0.170 e. The Labute approximate surface area is 152 Å². The van der Waals surface area contributed by atoms with Gasteiger partial charge in [0.05, 0.1) is 0 Å². The van der Waals surface area contributed by atoms with Crippen molar-refractivity contribution in [3.8, 4) is 0 Å². The summed E-state index contributed by atoms with van der Waals surface area (Å²) in [6, 6.07) is 18.6. The highest BCUT2D eigenvalue weighted by Crippen LogP contribution is 2.28. The molecule has 25 heavy (non-hydrogen) atoms. The summed E-state index contributed by atoms with van der Waals surface area (Å²) < 4.78 is 0. The Morgan fingerprint density at radius 1 is 0.960 bits per heavy atom. The average molecular weight is 338 g/mol. The van der Waals surface area contributed by atoms with Crippen LogP contribution >= 0.6 is 0 Å². The van der Waals surface area contributed by atoms with Crippen LogP contribution in [0.5, 0.6) is 0 Å². The molecule has 0 radical (unpaired) electrons. The van der Waals surface area contributed by atoms with Gasteiger partial charge in [0, 0.05) is 17.5 Å². The van der Waals surface area contributed by atoms with Crippen LogP contribution in [0.1, 0.15) is 61.5 Å². The van der Waals surface area contributed by atoms with Crippen LogP contribution < -0.4 is 0 Å². The van der Waals surface area contributed by atoms with E-state index in [1.807, 2.05) is 30.3 Å². The Bertz CT molecular complexity index is 680. The lowest BCUT2D eigenvalue weighted by Gasteiger charge is -2.25. The van der Waals surface area contributed by atoms with E-state index in [1.165, 1.54) is 5.56 Å². The van der Waals surface area contributed by atoms with Gasteiger partial charge in [-0.15, -0.1) is 0 Å². The van der Waals surface area contributed by atoms with Crippen molar-refractivity contribution in [2.24, 2.45) is 0 Å². The zero-order valence-electron chi connectivity index (χ0n) is 16.4. The normalized spacial score (nSPS) is 14.4. The van der Waals surface area contributed by atoms with E-state index in [2.05, 4.69) is 71.0 Å². The summed E-state index contributed by atoms with van der Waals surface area (Å²) in [5.41, 5.74) is 3.25. The van der Waals surface area contributed by atoms with E-state index in [9.17, 15) is 4.79 Å². The average Bonchev–Trinajstić information content (AvgIpc) is 2.59. The fraction of sp³-hybridized carbons (Fsp3) is 0.435. The Hall–Kier alpha value is -1.93. The summed E-state index contributed by atoms with van der Waals surface area (Å²) in [5.74, 6) is 0.0967. The summed E-state index contributed by atoms with van der Waals surface area (Å²) in [5, 5.41) is 0. The molecule has 0 fully saturated rings. The molecule has 2 heteroatoms. The molecular formula is C23H31NO. The van der Waals surface area contributed by atoms with Crippen LogP contribution in [0.15, 0.2) is 54.6 Å². The predicted octanol–water partition coefficient (Wildman–Crippen LogP) is 5.29. The van der Waals surface area contributed by atoms with Gasteiger partial charge in [0.15, 0.2) is 5.78 Å². The van der Waals surface area contributed by atoms with E-state index in [0.717, 1.165) is 17.5 Å². The third kappa shape index (κ3) is 5.02. The lowest BCUT2D eigenvalue weighted by molar-refractivity contribution is 0.0941. The standard InChI is InChI=1S/C23H31NO/c1-17(24(5)6)16-21(18-10-8-7-9-11-18)22(25)19-12-14-20(15-13-19)23(2,3)4/h7-15,17,21H,16H2,1-6H3. The van der Waals surface area contributed by atoms with E-state index < -0.39 is 0 Å². The van der Waals surface area contributed by atoms with Gasteiger partial charge in [-0.3, -0.25) is 4.79 Å². The van der Waals surface area contributed by atoms with Crippen molar-refractivity contribution in [2.45, 2.75) is 51.5 Å². The minimum absolute atomic E-state index is 0.0971. The zero-order chi connectivity index (χ0) is 18.6. The molecule has 134 valence electrons. The number of ketones is 1. The van der Waals surface area contributed by atoms with Crippen molar-refractivity contribution in [1.82, 2.24) is 4.90 Å². The van der Waals surface area contributed by atoms with Gasteiger partial charge in [-0.05, 0) is 44.0 Å². The van der Waals surface area contributed by atoms with Crippen molar-refractivity contribution in [1.29, 1.82) is 0 Å². The van der Waals surface area contributed by atoms with E-state index in [0.29, 0.717) is 6.04 Å². The summed E-state index contributed by atoms with van der Waals surface area (Å²) in [4.78, 5) is 15.4. The predicted molar refractivity (Wildman–Crippen MR) is 106 cm³/mol. The van der Waals surface area contributed by atoms with Gasteiger partial charge in [0.2, 0.25) is 0 Å². The quantitative estimate of drug-likeness (QED) is 0.667. The first kappa shape index (κ1) is 19.4. The van der Waals surface area contributed by atoms with Crippen molar-refractivity contribution >= 4 is 5.78 Å². The molecule has 0 bridgehead atoms. The lowest BCUT2D eigenvalue weighted by atomic mass is 9.83. The SMILES string of the molecule is CC(CC(C(=O)c1ccc(C(C)(C)C)cc1)c1ccccc1)N(C)C. The highest BCUT2D eigenvalue weighted by molar-refractivity contribution is 6.01. The monoisotopic (exact) mass is 337 g/mol. The molecule has 0 aliphatic carbocycles. The second-order valence-corrected chi connectivity index (χ2v) is 8.20. The first-order valence-corrected chi connectivity index (χ1v) is 9.06. The van der Waals surface area contributed by atoms with Crippen LogP contribution in [0, 0.1) is 0 Å². The summed E-state index contributed by atoms with van der Waals surface area (Å²) in [6.07, 6.45) is 0.816. The highest BCUT2D eigenvalue weighted by Gasteiger charge is 2.25. The second kappa shape index (κ2) is 7.97. The van der Waals surface area contributed by atoms with Gasteiger partial charge < -0.3 is 4.90 Å². The third-order valence-electron chi connectivity index (χ3n) is 5.01. The number of Topliss-reactive ketones (excluding diaryl/α,β-unsaturated/α-hetero) is 1. The molecule has 0 saturated heterocycles. The van der Waals surface area contributed by atoms with Crippen molar-refractivity contribution in [3.63, 3.8) is 0 Å². The Kier molecular flexibility index (Phi) is 6.18. The third-order valence-corrected chi connectivity index (χ3v) is 5.01. The van der Waals surface area contributed by atoms with E-state index in [-0.39, 0.29) is 17.1 Å². The largest absolute Gasteiger partial charge is 0.307 e. The molecule has 2 unspecified atom stereocenters. The molecule has 2 aromatic rings. The maximum atomic E-state index is 13.2. The van der Waals surface area contributed by atoms with Gasteiger partial charge >= 0.3 is 0 Å².